The molecule has 1 N–H and O–H groups in total. The molecular formula is C17H14N2S. The maximum atomic E-state index is 4.48. The summed E-state index contributed by atoms with van der Waals surface area (Å²) in [5.41, 5.74) is 3.75. The van der Waals surface area contributed by atoms with Crippen molar-refractivity contribution in [3.05, 3.63) is 58.8 Å². The first-order valence-corrected chi connectivity index (χ1v) is 7.69. The molecule has 0 bridgehead atoms. The fraction of sp³-hybridized carbons (Fsp3) is 0.118. The SMILES string of the molecule is c1cc(-c2ccc3cc(C4=NCCN4)ccc3c2)cs1. The average Bonchev–Trinajstić information content (AvgIpc) is 3.19. The van der Waals surface area contributed by atoms with Gasteiger partial charge >= 0.3 is 0 Å². The summed E-state index contributed by atoms with van der Waals surface area (Å²) in [6.45, 7) is 1.83. The van der Waals surface area contributed by atoms with Gasteiger partial charge in [-0.15, -0.1) is 0 Å². The first-order chi connectivity index (χ1) is 9.90. The van der Waals surface area contributed by atoms with Crippen LogP contribution in [0, 0.1) is 0 Å². The maximum absolute atomic E-state index is 4.48. The van der Waals surface area contributed by atoms with E-state index in [4.69, 9.17) is 0 Å². The number of hydrogen-bond acceptors (Lipinski definition) is 3. The Labute approximate surface area is 121 Å². The van der Waals surface area contributed by atoms with Crippen LogP contribution in [0.3, 0.4) is 0 Å². The molecule has 3 aromatic rings. The second-order valence-electron chi connectivity index (χ2n) is 4.95. The van der Waals surface area contributed by atoms with Gasteiger partial charge in [-0.3, -0.25) is 4.99 Å². The second kappa shape index (κ2) is 4.76. The molecule has 0 amide bonds. The highest BCUT2D eigenvalue weighted by Crippen LogP contribution is 2.26. The van der Waals surface area contributed by atoms with E-state index < -0.39 is 0 Å². The van der Waals surface area contributed by atoms with Crippen molar-refractivity contribution >= 4 is 27.9 Å². The lowest BCUT2D eigenvalue weighted by Crippen LogP contribution is -2.19. The Balaban J connectivity index is 1.79. The van der Waals surface area contributed by atoms with Gasteiger partial charge in [0.25, 0.3) is 0 Å². The van der Waals surface area contributed by atoms with Crippen molar-refractivity contribution in [3.8, 4) is 11.1 Å². The van der Waals surface area contributed by atoms with Gasteiger partial charge in [-0.25, -0.2) is 0 Å². The number of nitrogens with one attached hydrogen (secondary N) is 1. The number of fused-ring (bicyclic) bond motifs is 1. The van der Waals surface area contributed by atoms with E-state index in [1.807, 2.05) is 0 Å². The van der Waals surface area contributed by atoms with Crippen molar-refractivity contribution in [2.45, 2.75) is 0 Å². The molecule has 0 fully saturated rings. The zero-order valence-corrected chi connectivity index (χ0v) is 11.8. The third-order valence-corrected chi connectivity index (χ3v) is 4.33. The molecule has 0 spiro atoms. The number of hydrogen-bond donors (Lipinski definition) is 1. The van der Waals surface area contributed by atoms with E-state index in [1.54, 1.807) is 11.3 Å². The Hall–Kier alpha value is -2.13. The third-order valence-electron chi connectivity index (χ3n) is 3.64. The Morgan fingerprint density at radius 2 is 1.70 bits per heavy atom. The molecule has 1 aliphatic heterocycles. The number of thiophene rings is 1. The summed E-state index contributed by atoms with van der Waals surface area (Å²) < 4.78 is 0. The highest BCUT2D eigenvalue weighted by Gasteiger charge is 2.08. The molecule has 3 heteroatoms. The molecule has 0 saturated heterocycles. The lowest BCUT2D eigenvalue weighted by Gasteiger charge is -2.06. The molecule has 0 aliphatic carbocycles. The van der Waals surface area contributed by atoms with Crippen LogP contribution >= 0.6 is 11.3 Å². The fourth-order valence-corrected chi connectivity index (χ4v) is 3.26. The normalized spacial score (nSPS) is 14.3. The molecule has 1 aromatic heterocycles. The zero-order valence-electron chi connectivity index (χ0n) is 11.0. The first kappa shape index (κ1) is 11.7. The van der Waals surface area contributed by atoms with Gasteiger partial charge in [-0.2, -0.15) is 11.3 Å². The molecule has 4 rings (SSSR count). The predicted molar refractivity (Wildman–Crippen MR) is 86.7 cm³/mol. The van der Waals surface area contributed by atoms with Crippen molar-refractivity contribution < 1.29 is 0 Å². The molecule has 1 aliphatic rings. The average molecular weight is 278 g/mol. The van der Waals surface area contributed by atoms with Gasteiger partial charge in [0.2, 0.25) is 0 Å². The van der Waals surface area contributed by atoms with Crippen molar-refractivity contribution in [2.75, 3.05) is 13.1 Å². The van der Waals surface area contributed by atoms with Crippen molar-refractivity contribution in [1.82, 2.24) is 5.32 Å². The Morgan fingerprint density at radius 3 is 2.40 bits per heavy atom. The molecule has 2 heterocycles. The van der Waals surface area contributed by atoms with Crippen LogP contribution < -0.4 is 5.32 Å². The molecule has 2 nitrogen and oxygen atoms in total. The quantitative estimate of drug-likeness (QED) is 0.755. The van der Waals surface area contributed by atoms with Gasteiger partial charge < -0.3 is 5.32 Å². The van der Waals surface area contributed by atoms with Gasteiger partial charge in [-0.1, -0.05) is 24.3 Å². The summed E-state index contributed by atoms with van der Waals surface area (Å²) in [6.07, 6.45) is 0. The minimum atomic E-state index is 0.879. The minimum Gasteiger partial charge on any atom is -0.368 e. The van der Waals surface area contributed by atoms with Gasteiger partial charge in [0.1, 0.15) is 5.84 Å². The van der Waals surface area contributed by atoms with Crippen LogP contribution in [0.4, 0.5) is 0 Å². The Kier molecular flexibility index (Phi) is 2.78. The van der Waals surface area contributed by atoms with Gasteiger partial charge in [0, 0.05) is 12.1 Å². The molecule has 98 valence electrons. The molecule has 2 aromatic carbocycles. The topological polar surface area (TPSA) is 24.4 Å². The second-order valence-corrected chi connectivity index (χ2v) is 5.73. The van der Waals surface area contributed by atoms with Crippen LogP contribution in [0.1, 0.15) is 5.56 Å². The molecule has 0 unspecified atom stereocenters. The van der Waals surface area contributed by atoms with Gasteiger partial charge in [-0.05, 0) is 50.9 Å². The summed E-state index contributed by atoms with van der Waals surface area (Å²) >= 11 is 1.74. The highest BCUT2D eigenvalue weighted by atomic mass is 32.1. The third kappa shape index (κ3) is 2.00. The molecular weight excluding hydrogens is 264 g/mol. The van der Waals surface area contributed by atoms with Crippen LogP contribution in [0.2, 0.25) is 0 Å². The van der Waals surface area contributed by atoms with Crippen molar-refractivity contribution in [3.63, 3.8) is 0 Å². The standard InChI is InChI=1S/C17H14N2S/c1-2-14(16-5-8-20-11-16)9-12-3-4-15(10-13(1)12)17-18-6-7-19-17/h1-5,8-11H,6-7H2,(H,18,19). The van der Waals surface area contributed by atoms with E-state index in [-0.39, 0.29) is 0 Å². The lowest BCUT2D eigenvalue weighted by molar-refractivity contribution is 0.960. The largest absolute Gasteiger partial charge is 0.368 e. The number of amidine groups is 1. The number of nitrogens with zero attached hydrogens (tertiary/aromatic N) is 1. The van der Waals surface area contributed by atoms with Crippen LogP contribution in [-0.4, -0.2) is 18.9 Å². The Bertz CT molecular complexity index is 788. The zero-order chi connectivity index (χ0) is 13.4. The molecule has 0 radical (unpaired) electrons. The fourth-order valence-electron chi connectivity index (χ4n) is 2.59. The molecule has 20 heavy (non-hydrogen) atoms. The summed E-state index contributed by atoms with van der Waals surface area (Å²) in [6, 6.07) is 15.4. The number of rotatable bonds is 2. The molecule has 0 atom stereocenters. The smallest absolute Gasteiger partial charge is 0.128 e. The Morgan fingerprint density at radius 1 is 0.900 bits per heavy atom. The maximum Gasteiger partial charge on any atom is 0.128 e. The first-order valence-electron chi connectivity index (χ1n) is 6.75. The van der Waals surface area contributed by atoms with E-state index >= 15 is 0 Å². The summed E-state index contributed by atoms with van der Waals surface area (Å²) in [5, 5.41) is 10.2. The van der Waals surface area contributed by atoms with Crippen LogP contribution in [0.5, 0.6) is 0 Å². The van der Waals surface area contributed by atoms with Gasteiger partial charge in [0.05, 0.1) is 6.54 Å². The number of aliphatic imine (C=N–C) groups is 1. The van der Waals surface area contributed by atoms with E-state index in [2.05, 4.69) is 63.5 Å². The van der Waals surface area contributed by atoms with Crippen LogP contribution in [0.15, 0.2) is 58.2 Å². The van der Waals surface area contributed by atoms with E-state index in [9.17, 15) is 0 Å². The molecule has 0 saturated carbocycles. The van der Waals surface area contributed by atoms with E-state index in [1.165, 1.54) is 27.5 Å². The van der Waals surface area contributed by atoms with Gasteiger partial charge in [0.15, 0.2) is 0 Å². The van der Waals surface area contributed by atoms with E-state index in [0.29, 0.717) is 0 Å². The van der Waals surface area contributed by atoms with Crippen molar-refractivity contribution in [2.24, 2.45) is 4.99 Å². The summed E-state index contributed by atoms with van der Waals surface area (Å²) in [5.74, 6) is 1.02. The monoisotopic (exact) mass is 278 g/mol. The highest BCUT2D eigenvalue weighted by molar-refractivity contribution is 7.08. The van der Waals surface area contributed by atoms with Crippen LogP contribution in [0.25, 0.3) is 21.9 Å². The number of benzene rings is 2. The summed E-state index contributed by atoms with van der Waals surface area (Å²) in [7, 11) is 0. The van der Waals surface area contributed by atoms with Crippen molar-refractivity contribution in [1.29, 1.82) is 0 Å². The predicted octanol–water partition coefficient (Wildman–Crippen LogP) is 3.92. The minimum absolute atomic E-state index is 0.879. The lowest BCUT2D eigenvalue weighted by atomic mass is 10.0. The van der Waals surface area contributed by atoms with Crippen LogP contribution in [-0.2, 0) is 0 Å². The van der Waals surface area contributed by atoms with E-state index in [0.717, 1.165) is 18.9 Å². The summed E-state index contributed by atoms with van der Waals surface area (Å²) in [4.78, 5) is 4.48.